The number of carbonyl (C=O) groups excluding carboxylic acids is 1. The summed E-state index contributed by atoms with van der Waals surface area (Å²) < 4.78 is 27.2. The van der Waals surface area contributed by atoms with E-state index in [0.717, 1.165) is 25.7 Å². The lowest BCUT2D eigenvalue weighted by Crippen LogP contribution is -2.36. The minimum absolute atomic E-state index is 0.112. The number of hydrogen-bond donors (Lipinski definition) is 1. The maximum absolute atomic E-state index is 12.9. The summed E-state index contributed by atoms with van der Waals surface area (Å²) in [7, 11) is -3.53. The third-order valence-corrected chi connectivity index (χ3v) is 7.18. The number of piperidine rings is 1. The fourth-order valence-electron chi connectivity index (χ4n) is 3.81. The minimum Gasteiger partial charge on any atom is -0.336 e. The van der Waals surface area contributed by atoms with Crippen molar-refractivity contribution in [2.24, 2.45) is 11.7 Å². The van der Waals surface area contributed by atoms with Gasteiger partial charge in [-0.2, -0.15) is 4.31 Å². The number of amides is 1. The summed E-state index contributed by atoms with van der Waals surface area (Å²) in [6.07, 6.45) is 3.75. The van der Waals surface area contributed by atoms with Crippen molar-refractivity contribution in [2.75, 3.05) is 26.2 Å². The Morgan fingerprint density at radius 1 is 1.24 bits per heavy atom. The summed E-state index contributed by atoms with van der Waals surface area (Å²) in [5, 5.41) is 0. The number of rotatable bonds is 4. The lowest BCUT2D eigenvalue weighted by Gasteiger charge is -2.26. The Balaban J connectivity index is 1.83. The molecule has 2 atom stereocenters. The van der Waals surface area contributed by atoms with E-state index in [4.69, 9.17) is 5.73 Å². The van der Waals surface area contributed by atoms with E-state index in [2.05, 4.69) is 0 Å². The van der Waals surface area contributed by atoms with Crippen molar-refractivity contribution in [3.8, 4) is 0 Å². The molecule has 7 heteroatoms. The molecule has 25 heavy (non-hydrogen) atoms. The van der Waals surface area contributed by atoms with Gasteiger partial charge in [-0.05, 0) is 56.8 Å². The van der Waals surface area contributed by atoms with Crippen LogP contribution in [0.25, 0.3) is 0 Å². The fraction of sp³-hybridized carbons (Fsp3) is 0.611. The highest BCUT2D eigenvalue weighted by molar-refractivity contribution is 7.89. The predicted molar refractivity (Wildman–Crippen MR) is 96.7 cm³/mol. The quantitative estimate of drug-likeness (QED) is 0.880. The molecule has 0 aromatic heterocycles. The molecular formula is C18H27N3O3S. The smallest absolute Gasteiger partial charge is 0.254 e. The zero-order valence-corrected chi connectivity index (χ0v) is 15.5. The molecule has 0 aliphatic carbocycles. The van der Waals surface area contributed by atoms with E-state index >= 15 is 0 Å². The van der Waals surface area contributed by atoms with Gasteiger partial charge in [-0.3, -0.25) is 4.79 Å². The highest BCUT2D eigenvalue weighted by Gasteiger charge is 2.33. The number of nitrogens with two attached hydrogens (primary N) is 1. The van der Waals surface area contributed by atoms with Crippen LogP contribution in [0.3, 0.4) is 0 Å². The molecule has 2 heterocycles. The number of nitrogens with zero attached hydrogens (tertiary/aromatic N) is 2. The Morgan fingerprint density at radius 2 is 1.96 bits per heavy atom. The second kappa shape index (κ2) is 7.43. The van der Waals surface area contributed by atoms with Gasteiger partial charge in [-0.1, -0.05) is 12.5 Å². The molecule has 1 aromatic carbocycles. The Labute approximate surface area is 150 Å². The van der Waals surface area contributed by atoms with Crippen molar-refractivity contribution < 1.29 is 13.2 Å². The molecule has 1 aromatic rings. The van der Waals surface area contributed by atoms with Crippen LogP contribution in [0.5, 0.6) is 0 Å². The second-order valence-electron chi connectivity index (χ2n) is 7.14. The lowest BCUT2D eigenvalue weighted by molar-refractivity contribution is 0.0743. The van der Waals surface area contributed by atoms with Gasteiger partial charge in [0.15, 0.2) is 0 Å². The average Bonchev–Trinajstić information content (AvgIpc) is 3.03. The van der Waals surface area contributed by atoms with Crippen LogP contribution < -0.4 is 5.73 Å². The van der Waals surface area contributed by atoms with Crippen molar-refractivity contribution in [3.05, 3.63) is 29.8 Å². The van der Waals surface area contributed by atoms with Crippen molar-refractivity contribution in [1.29, 1.82) is 0 Å². The second-order valence-corrected chi connectivity index (χ2v) is 9.07. The molecule has 2 aliphatic heterocycles. The molecule has 2 unspecified atom stereocenters. The van der Waals surface area contributed by atoms with Gasteiger partial charge in [0, 0.05) is 31.2 Å². The molecule has 138 valence electrons. The van der Waals surface area contributed by atoms with Gasteiger partial charge in [-0.25, -0.2) is 8.42 Å². The fourth-order valence-corrected chi connectivity index (χ4v) is 5.37. The van der Waals surface area contributed by atoms with Crippen LogP contribution in [-0.2, 0) is 10.0 Å². The first-order valence-corrected chi connectivity index (χ1v) is 10.5. The van der Waals surface area contributed by atoms with Crippen molar-refractivity contribution in [1.82, 2.24) is 9.21 Å². The largest absolute Gasteiger partial charge is 0.336 e. The Bertz CT molecular complexity index is 729. The van der Waals surface area contributed by atoms with Crippen LogP contribution in [0.1, 0.15) is 43.0 Å². The highest BCUT2D eigenvalue weighted by atomic mass is 32.2. The molecule has 2 N–H and O–H groups in total. The van der Waals surface area contributed by atoms with Crippen LogP contribution in [0.4, 0.5) is 0 Å². The van der Waals surface area contributed by atoms with Crippen molar-refractivity contribution >= 4 is 15.9 Å². The molecule has 2 fully saturated rings. The van der Waals surface area contributed by atoms with Crippen molar-refractivity contribution in [2.45, 2.75) is 43.5 Å². The summed E-state index contributed by atoms with van der Waals surface area (Å²) in [6, 6.07) is 6.58. The third kappa shape index (κ3) is 3.73. The Hall–Kier alpha value is -1.44. The Kier molecular flexibility index (Phi) is 5.46. The average molecular weight is 365 g/mol. The van der Waals surface area contributed by atoms with E-state index in [1.165, 1.54) is 10.4 Å². The molecule has 6 nitrogen and oxygen atoms in total. The molecule has 3 rings (SSSR count). The lowest BCUT2D eigenvalue weighted by atomic mass is 10.1. The molecule has 0 saturated carbocycles. The van der Waals surface area contributed by atoms with Gasteiger partial charge in [0.25, 0.3) is 5.91 Å². The summed E-state index contributed by atoms with van der Waals surface area (Å²) in [5.74, 6) is 0.207. The summed E-state index contributed by atoms with van der Waals surface area (Å²) in [5.41, 5.74) is 6.17. The molecule has 2 saturated heterocycles. The molecule has 1 amide bonds. The third-order valence-electron chi connectivity index (χ3n) is 5.29. The molecule has 0 bridgehead atoms. The van der Waals surface area contributed by atoms with Crippen LogP contribution in [-0.4, -0.2) is 55.8 Å². The maximum atomic E-state index is 12.9. The number of benzene rings is 1. The first-order chi connectivity index (χ1) is 11.9. The highest BCUT2D eigenvalue weighted by Crippen LogP contribution is 2.26. The van der Waals surface area contributed by atoms with E-state index in [1.54, 1.807) is 18.2 Å². The Morgan fingerprint density at radius 3 is 2.60 bits per heavy atom. The normalized spacial score (nSPS) is 25.3. The van der Waals surface area contributed by atoms with Gasteiger partial charge in [0.2, 0.25) is 10.0 Å². The van der Waals surface area contributed by atoms with E-state index in [9.17, 15) is 13.2 Å². The van der Waals surface area contributed by atoms with Gasteiger partial charge < -0.3 is 10.6 Å². The number of sulfonamides is 1. The van der Waals surface area contributed by atoms with Gasteiger partial charge in [0.1, 0.15) is 0 Å². The summed E-state index contributed by atoms with van der Waals surface area (Å²) in [6.45, 7) is 4.34. The SMILES string of the molecule is CC1CC(CN)CN1C(=O)c1cccc(S(=O)(=O)N2CCCCC2)c1. The van der Waals surface area contributed by atoms with E-state index < -0.39 is 10.0 Å². The summed E-state index contributed by atoms with van der Waals surface area (Å²) in [4.78, 5) is 14.9. The van der Waals surface area contributed by atoms with Crippen LogP contribution in [0, 0.1) is 5.92 Å². The van der Waals surface area contributed by atoms with Gasteiger partial charge in [0.05, 0.1) is 4.90 Å². The van der Waals surface area contributed by atoms with E-state index in [-0.39, 0.29) is 16.8 Å². The van der Waals surface area contributed by atoms with Crippen molar-refractivity contribution in [3.63, 3.8) is 0 Å². The molecule has 0 spiro atoms. The summed E-state index contributed by atoms with van der Waals surface area (Å²) >= 11 is 0. The minimum atomic E-state index is -3.53. The number of carbonyl (C=O) groups is 1. The zero-order chi connectivity index (χ0) is 18.0. The molecule has 0 radical (unpaired) electrons. The van der Waals surface area contributed by atoms with Crippen LogP contribution >= 0.6 is 0 Å². The van der Waals surface area contributed by atoms with E-state index in [0.29, 0.717) is 37.7 Å². The van der Waals surface area contributed by atoms with Gasteiger partial charge in [-0.15, -0.1) is 0 Å². The number of likely N-dealkylation sites (tertiary alicyclic amines) is 1. The predicted octanol–water partition coefficient (Wildman–Crippen LogP) is 1.67. The zero-order valence-electron chi connectivity index (χ0n) is 14.7. The molecule has 2 aliphatic rings. The van der Waals surface area contributed by atoms with E-state index in [1.807, 2.05) is 11.8 Å². The maximum Gasteiger partial charge on any atom is 0.254 e. The van der Waals surface area contributed by atoms with Crippen LogP contribution in [0.15, 0.2) is 29.2 Å². The van der Waals surface area contributed by atoms with Crippen LogP contribution in [0.2, 0.25) is 0 Å². The first-order valence-electron chi connectivity index (χ1n) is 9.04. The standard InChI is InChI=1S/C18H27N3O3S/c1-14-10-15(12-19)13-21(14)18(22)16-6-5-7-17(11-16)25(23,24)20-8-3-2-4-9-20/h5-7,11,14-15H,2-4,8-10,12-13,19H2,1H3. The monoisotopic (exact) mass is 365 g/mol. The topological polar surface area (TPSA) is 83.7 Å². The van der Waals surface area contributed by atoms with Gasteiger partial charge >= 0.3 is 0 Å². The molecular weight excluding hydrogens is 338 g/mol. The first kappa shape index (κ1) is 18.4. The number of hydrogen-bond acceptors (Lipinski definition) is 4.